The van der Waals surface area contributed by atoms with Crippen molar-refractivity contribution < 1.29 is 27.8 Å². The molecule has 1 aromatic carbocycles. The van der Waals surface area contributed by atoms with Crippen LogP contribution in [0.2, 0.25) is 0 Å². The van der Waals surface area contributed by atoms with Gasteiger partial charge in [0.2, 0.25) is 0 Å². The number of ether oxygens (including phenoxy) is 2. The first-order chi connectivity index (χ1) is 11.3. The number of halogens is 2. The summed E-state index contributed by atoms with van der Waals surface area (Å²) in [6.07, 6.45) is 0. The van der Waals surface area contributed by atoms with Crippen molar-refractivity contribution in [2.45, 2.75) is 47.1 Å². The number of rotatable bonds is 3. The van der Waals surface area contributed by atoms with Crippen LogP contribution in [0.5, 0.6) is 5.75 Å². The van der Waals surface area contributed by atoms with Crippen molar-refractivity contribution in [3.05, 3.63) is 29.3 Å². The first kappa shape index (κ1) is 20.6. The number of benzene rings is 1. The second-order valence-corrected chi connectivity index (χ2v) is 7.63. The van der Waals surface area contributed by atoms with Crippen molar-refractivity contribution in [1.82, 2.24) is 0 Å². The summed E-state index contributed by atoms with van der Waals surface area (Å²) in [5, 5.41) is 8.67. The molecule has 7 heteroatoms. The minimum Gasteiger partial charge on any atom is -0.459 e. The Bertz CT molecular complexity index is 724. The van der Waals surface area contributed by atoms with Gasteiger partial charge in [-0.2, -0.15) is 5.26 Å². The summed E-state index contributed by atoms with van der Waals surface area (Å²) in [7, 11) is 0. The van der Waals surface area contributed by atoms with Crippen LogP contribution in [0.3, 0.4) is 0 Å². The Kier molecular flexibility index (Phi) is 5.90. The minimum absolute atomic E-state index is 0.517. The van der Waals surface area contributed by atoms with Crippen LogP contribution in [-0.4, -0.2) is 17.5 Å². The summed E-state index contributed by atoms with van der Waals surface area (Å²) in [5.74, 6) is -6.03. The lowest BCUT2D eigenvalue weighted by molar-refractivity contribution is -0.170. The van der Waals surface area contributed by atoms with E-state index in [4.69, 9.17) is 14.7 Å². The molecule has 0 aliphatic rings. The lowest BCUT2D eigenvalue weighted by atomic mass is 9.80. The van der Waals surface area contributed by atoms with E-state index in [1.807, 2.05) is 0 Å². The molecule has 0 aliphatic heterocycles. The molecule has 1 aromatic rings. The SMILES string of the molecule is CC(C)(C)OC(=O)C(C(=O)Oc1cc(F)c(C#N)cc1F)C(C)(C)C. The van der Waals surface area contributed by atoms with E-state index in [2.05, 4.69) is 0 Å². The Morgan fingerprint density at radius 3 is 2.04 bits per heavy atom. The van der Waals surface area contributed by atoms with Crippen molar-refractivity contribution in [1.29, 1.82) is 5.26 Å². The second-order valence-electron chi connectivity index (χ2n) is 7.63. The predicted molar refractivity (Wildman–Crippen MR) is 85.5 cm³/mol. The van der Waals surface area contributed by atoms with Crippen LogP contribution < -0.4 is 4.74 Å². The molecule has 1 atom stereocenters. The normalized spacial score (nSPS) is 12.9. The van der Waals surface area contributed by atoms with Gasteiger partial charge >= 0.3 is 11.9 Å². The fourth-order valence-corrected chi connectivity index (χ4v) is 2.02. The van der Waals surface area contributed by atoms with Gasteiger partial charge in [-0.15, -0.1) is 0 Å². The Morgan fingerprint density at radius 2 is 1.60 bits per heavy atom. The van der Waals surface area contributed by atoms with Gasteiger partial charge in [0.1, 0.15) is 17.5 Å². The summed E-state index contributed by atoms with van der Waals surface area (Å²) in [5.41, 5.74) is -2.22. The molecule has 1 unspecified atom stereocenters. The molecule has 0 spiro atoms. The average molecular weight is 353 g/mol. The van der Waals surface area contributed by atoms with Gasteiger partial charge < -0.3 is 9.47 Å². The first-order valence-corrected chi connectivity index (χ1v) is 7.60. The highest BCUT2D eigenvalue weighted by molar-refractivity contribution is 5.96. The van der Waals surface area contributed by atoms with Gasteiger partial charge in [-0.1, -0.05) is 20.8 Å². The Labute approximate surface area is 145 Å². The van der Waals surface area contributed by atoms with E-state index in [-0.39, 0.29) is 0 Å². The van der Waals surface area contributed by atoms with Crippen molar-refractivity contribution in [2.24, 2.45) is 11.3 Å². The molecule has 0 aromatic heterocycles. The molecule has 0 amide bonds. The number of hydrogen-bond acceptors (Lipinski definition) is 5. The first-order valence-electron chi connectivity index (χ1n) is 7.60. The maximum atomic E-state index is 13.9. The maximum absolute atomic E-state index is 13.9. The molecule has 1 rings (SSSR count). The Balaban J connectivity index is 3.15. The molecular weight excluding hydrogens is 332 g/mol. The smallest absolute Gasteiger partial charge is 0.326 e. The lowest BCUT2D eigenvalue weighted by Crippen LogP contribution is -2.42. The monoisotopic (exact) mass is 353 g/mol. The van der Waals surface area contributed by atoms with E-state index in [9.17, 15) is 18.4 Å². The van der Waals surface area contributed by atoms with Gasteiger partial charge in [0.25, 0.3) is 0 Å². The maximum Gasteiger partial charge on any atom is 0.326 e. The highest BCUT2D eigenvalue weighted by Gasteiger charge is 2.42. The van der Waals surface area contributed by atoms with Gasteiger partial charge in [-0.05, 0) is 32.3 Å². The number of hydrogen-bond donors (Lipinski definition) is 0. The van der Waals surface area contributed by atoms with Gasteiger partial charge in [0.05, 0.1) is 5.56 Å². The molecule has 0 aliphatic carbocycles. The molecule has 0 fully saturated rings. The van der Waals surface area contributed by atoms with E-state index in [0.29, 0.717) is 12.1 Å². The lowest BCUT2D eigenvalue weighted by Gasteiger charge is -2.30. The fraction of sp³-hybridized carbons (Fsp3) is 0.500. The number of nitrogens with zero attached hydrogens (tertiary/aromatic N) is 1. The van der Waals surface area contributed by atoms with Crippen molar-refractivity contribution in [3.63, 3.8) is 0 Å². The quantitative estimate of drug-likeness (QED) is 0.470. The highest BCUT2D eigenvalue weighted by Crippen LogP contribution is 2.31. The topological polar surface area (TPSA) is 76.4 Å². The third-order valence-corrected chi connectivity index (χ3v) is 3.10. The molecule has 0 N–H and O–H groups in total. The average Bonchev–Trinajstić information content (AvgIpc) is 2.38. The van der Waals surface area contributed by atoms with E-state index < -0.39 is 51.8 Å². The van der Waals surface area contributed by atoms with E-state index >= 15 is 0 Å². The molecule has 0 saturated carbocycles. The molecule has 5 nitrogen and oxygen atoms in total. The fourth-order valence-electron chi connectivity index (χ4n) is 2.02. The number of esters is 2. The van der Waals surface area contributed by atoms with Crippen molar-refractivity contribution in [3.8, 4) is 11.8 Å². The summed E-state index contributed by atoms with van der Waals surface area (Å²) in [6.45, 7) is 9.80. The highest BCUT2D eigenvalue weighted by atomic mass is 19.1. The standard InChI is InChI=1S/C18H21F2NO4/c1-17(2,3)14(16(23)25-18(4,5)6)15(22)24-13-8-11(19)10(9-21)7-12(13)20/h7-8,14H,1-6H3. The molecular formula is C18H21F2NO4. The van der Waals surface area contributed by atoms with Crippen molar-refractivity contribution in [2.75, 3.05) is 0 Å². The zero-order valence-corrected chi connectivity index (χ0v) is 15.1. The third-order valence-electron chi connectivity index (χ3n) is 3.10. The van der Waals surface area contributed by atoms with Crippen LogP contribution in [0.4, 0.5) is 8.78 Å². The summed E-state index contributed by atoms with van der Waals surface area (Å²) in [4.78, 5) is 24.8. The van der Waals surface area contributed by atoms with E-state index in [1.54, 1.807) is 41.5 Å². The molecule has 25 heavy (non-hydrogen) atoms. The molecule has 0 radical (unpaired) electrons. The minimum atomic E-state index is -1.34. The van der Waals surface area contributed by atoms with Gasteiger partial charge in [0, 0.05) is 6.07 Å². The molecule has 136 valence electrons. The molecule has 0 saturated heterocycles. The zero-order chi connectivity index (χ0) is 19.6. The molecule has 0 bridgehead atoms. The Hall–Kier alpha value is -2.49. The van der Waals surface area contributed by atoms with Crippen LogP contribution in [0.25, 0.3) is 0 Å². The van der Waals surface area contributed by atoms with Gasteiger partial charge in [-0.25, -0.2) is 8.78 Å². The second kappa shape index (κ2) is 7.18. The number of carbonyl (C=O) groups excluding carboxylic acids is 2. The number of nitriles is 1. The Morgan fingerprint density at radius 1 is 1.04 bits per heavy atom. The van der Waals surface area contributed by atoms with Crippen molar-refractivity contribution >= 4 is 11.9 Å². The third kappa shape index (κ3) is 5.52. The summed E-state index contributed by atoms with van der Waals surface area (Å²) < 4.78 is 37.6. The van der Waals surface area contributed by atoms with Gasteiger partial charge in [0.15, 0.2) is 17.5 Å². The van der Waals surface area contributed by atoms with Crippen LogP contribution in [0, 0.1) is 34.3 Å². The molecule has 0 heterocycles. The van der Waals surface area contributed by atoms with E-state index in [0.717, 1.165) is 0 Å². The van der Waals surface area contributed by atoms with Crippen LogP contribution in [0.1, 0.15) is 47.1 Å². The summed E-state index contributed by atoms with van der Waals surface area (Å²) >= 11 is 0. The van der Waals surface area contributed by atoms with Gasteiger partial charge in [-0.3, -0.25) is 9.59 Å². The number of carbonyl (C=O) groups is 2. The van der Waals surface area contributed by atoms with Crippen LogP contribution >= 0.6 is 0 Å². The van der Waals surface area contributed by atoms with Crippen LogP contribution in [-0.2, 0) is 14.3 Å². The van der Waals surface area contributed by atoms with E-state index in [1.165, 1.54) is 6.07 Å². The zero-order valence-electron chi connectivity index (χ0n) is 15.1. The largest absolute Gasteiger partial charge is 0.459 e. The summed E-state index contributed by atoms with van der Waals surface area (Å²) in [6, 6.07) is 2.70. The predicted octanol–water partition coefficient (Wildman–Crippen LogP) is 3.75. The van der Waals surface area contributed by atoms with Crippen LogP contribution in [0.15, 0.2) is 12.1 Å².